The molecule has 0 saturated carbocycles. The van der Waals surface area contributed by atoms with Gasteiger partial charge in [-0.15, -0.1) is 0 Å². The number of hydrogen-bond acceptors (Lipinski definition) is 10. The minimum Gasteiger partial charge on any atom is -0.361 e. The number of para-hydroxylation sites is 1. The van der Waals surface area contributed by atoms with Crippen molar-refractivity contribution in [3.8, 4) is 11.1 Å². The fourth-order valence-corrected chi connectivity index (χ4v) is 8.07. The molecule has 5 rings (SSSR count). The molecular weight excluding hydrogens is 689 g/mol. The topological polar surface area (TPSA) is 108 Å². The number of aromatic nitrogens is 4. The predicted octanol–water partition coefficient (Wildman–Crippen LogP) is 6.33. The van der Waals surface area contributed by atoms with E-state index in [1.807, 2.05) is 42.2 Å². The maximum absolute atomic E-state index is 11.6. The molecule has 2 N–H and O–H groups in total. The van der Waals surface area contributed by atoms with E-state index in [2.05, 4.69) is 71.2 Å². The Morgan fingerprint density at radius 2 is 1.69 bits per heavy atom. The first-order valence-electron chi connectivity index (χ1n) is 15.4. The van der Waals surface area contributed by atoms with Crippen LogP contribution in [0.4, 0.5) is 11.6 Å². The summed E-state index contributed by atoms with van der Waals surface area (Å²) in [6, 6.07) is 11.8. The molecule has 0 unspecified atom stereocenters. The van der Waals surface area contributed by atoms with Gasteiger partial charge in [-0.3, -0.25) is 9.88 Å². The lowest BCUT2D eigenvalue weighted by atomic mass is 10.1. The van der Waals surface area contributed by atoms with Gasteiger partial charge in [0.25, 0.3) is 0 Å². The maximum Gasteiger partial charge on any atom is 0.375 e. The SMILES string of the molecule is C[Si](C)(C)CCOCN(c1c(Br)c(N2CCSCC2)nc2c(-c3cnc4ccccc4c3)cnn12)C(O)(O)OCC[Si](C)(C)C. The van der Waals surface area contributed by atoms with Gasteiger partial charge in [0, 0.05) is 70.1 Å². The van der Waals surface area contributed by atoms with Gasteiger partial charge in [0.15, 0.2) is 11.5 Å². The van der Waals surface area contributed by atoms with E-state index in [0.717, 1.165) is 58.7 Å². The summed E-state index contributed by atoms with van der Waals surface area (Å²) >= 11 is 5.74. The second kappa shape index (κ2) is 14.0. The van der Waals surface area contributed by atoms with E-state index in [1.54, 1.807) is 10.7 Å². The van der Waals surface area contributed by atoms with Crippen molar-refractivity contribution in [1.29, 1.82) is 0 Å². The molecule has 1 aliphatic heterocycles. The average molecular weight is 734 g/mol. The van der Waals surface area contributed by atoms with Crippen LogP contribution in [0, 0.1) is 0 Å². The highest BCUT2D eigenvalue weighted by Crippen LogP contribution is 2.40. The first-order valence-corrected chi connectivity index (χ1v) is 24.8. The van der Waals surface area contributed by atoms with Crippen LogP contribution in [0.5, 0.6) is 0 Å². The monoisotopic (exact) mass is 732 g/mol. The van der Waals surface area contributed by atoms with Crippen LogP contribution in [0.15, 0.2) is 47.2 Å². The Bertz CT molecular complexity index is 1620. The van der Waals surface area contributed by atoms with Crippen molar-refractivity contribution in [3.05, 3.63) is 47.2 Å². The molecule has 0 bridgehead atoms. The van der Waals surface area contributed by atoms with Crippen molar-refractivity contribution in [2.45, 2.75) is 57.5 Å². The van der Waals surface area contributed by atoms with Crippen molar-refractivity contribution >= 4 is 72.0 Å². The fraction of sp³-hybridized carbons (Fsp3) is 0.516. The van der Waals surface area contributed by atoms with Gasteiger partial charge in [-0.2, -0.15) is 21.4 Å². The van der Waals surface area contributed by atoms with Crippen molar-refractivity contribution in [3.63, 3.8) is 0 Å². The molecule has 4 aromatic rings. The van der Waals surface area contributed by atoms with Crippen molar-refractivity contribution in [2.24, 2.45) is 0 Å². The number of hydrogen-bond donors (Lipinski definition) is 2. The molecule has 10 nitrogen and oxygen atoms in total. The molecular formula is C31H45BrN6O4SSi2. The van der Waals surface area contributed by atoms with Crippen LogP contribution in [-0.4, -0.2) is 96.6 Å². The van der Waals surface area contributed by atoms with E-state index in [-0.39, 0.29) is 13.3 Å². The van der Waals surface area contributed by atoms with Gasteiger partial charge in [-0.05, 0) is 40.2 Å². The Hall–Kier alpha value is -2.05. The van der Waals surface area contributed by atoms with Gasteiger partial charge in [-0.1, -0.05) is 57.5 Å². The molecule has 1 saturated heterocycles. The number of ether oxygens (including phenoxy) is 2. The summed E-state index contributed by atoms with van der Waals surface area (Å²) in [7, 11) is -2.89. The minimum absolute atomic E-state index is 0.121. The predicted molar refractivity (Wildman–Crippen MR) is 194 cm³/mol. The largest absolute Gasteiger partial charge is 0.375 e. The third-order valence-corrected chi connectivity index (χ3v) is 12.8. The number of halogens is 1. The van der Waals surface area contributed by atoms with Gasteiger partial charge >= 0.3 is 6.10 Å². The second-order valence-electron chi connectivity index (χ2n) is 13.9. The summed E-state index contributed by atoms with van der Waals surface area (Å²) in [5.41, 5.74) is 3.13. The van der Waals surface area contributed by atoms with E-state index in [0.29, 0.717) is 28.4 Å². The molecule has 3 aromatic heterocycles. The van der Waals surface area contributed by atoms with Crippen molar-refractivity contribution < 1.29 is 19.7 Å². The summed E-state index contributed by atoms with van der Waals surface area (Å²) in [6.07, 6.45) is 0.924. The lowest BCUT2D eigenvalue weighted by molar-refractivity contribution is -0.339. The van der Waals surface area contributed by atoms with Crippen LogP contribution < -0.4 is 9.80 Å². The molecule has 0 aliphatic carbocycles. The standard InChI is InChI=1S/C31H45BrN6O4SSi2/c1-44(2,3)17-13-41-22-37(31(39,40)42-14-18-45(4,5)6)30-27(32)29(36-11-15-43-16-12-36)35-28-25(21-34-38(28)30)24-19-23-9-7-8-10-26(23)33-20-24/h7-10,19-21,39-40H,11-18,22H2,1-6H3. The molecule has 45 heavy (non-hydrogen) atoms. The van der Waals surface area contributed by atoms with Gasteiger partial charge in [0.2, 0.25) is 0 Å². The molecule has 1 fully saturated rings. The van der Waals surface area contributed by atoms with Crippen LogP contribution in [0.3, 0.4) is 0 Å². The third-order valence-electron chi connectivity index (χ3n) is 7.73. The van der Waals surface area contributed by atoms with Gasteiger partial charge in [0.05, 0.1) is 18.3 Å². The van der Waals surface area contributed by atoms with E-state index in [1.165, 1.54) is 4.90 Å². The number of aliphatic hydroxyl groups is 2. The van der Waals surface area contributed by atoms with Gasteiger partial charge in [-0.25, -0.2) is 4.98 Å². The summed E-state index contributed by atoms with van der Waals surface area (Å²) in [5, 5.41) is 29.0. The number of fused-ring (bicyclic) bond motifs is 2. The van der Waals surface area contributed by atoms with Gasteiger partial charge in [0.1, 0.15) is 17.0 Å². The number of thioether (sulfide) groups is 1. The van der Waals surface area contributed by atoms with Crippen LogP contribution in [0.25, 0.3) is 27.7 Å². The quantitative estimate of drug-likeness (QED) is 0.0920. The first-order chi connectivity index (χ1) is 21.2. The van der Waals surface area contributed by atoms with Gasteiger partial charge < -0.3 is 24.6 Å². The zero-order valence-corrected chi connectivity index (χ0v) is 31.5. The normalized spacial score (nSPS) is 14.9. The molecule has 0 amide bonds. The summed E-state index contributed by atoms with van der Waals surface area (Å²) in [5.74, 6) is 3.04. The number of anilines is 2. The Morgan fingerprint density at radius 1 is 1.00 bits per heavy atom. The molecule has 4 heterocycles. The Labute approximate surface area is 280 Å². The lowest BCUT2D eigenvalue weighted by Crippen LogP contribution is -2.54. The Kier molecular flexibility index (Phi) is 10.7. The second-order valence-corrected chi connectivity index (χ2v) is 27.2. The van der Waals surface area contributed by atoms with Crippen LogP contribution in [0.1, 0.15) is 0 Å². The van der Waals surface area contributed by atoms with E-state index >= 15 is 0 Å². The molecule has 14 heteroatoms. The molecule has 244 valence electrons. The Morgan fingerprint density at radius 3 is 2.40 bits per heavy atom. The summed E-state index contributed by atoms with van der Waals surface area (Å²) in [6.45, 7) is 15.7. The van der Waals surface area contributed by atoms with Crippen molar-refractivity contribution in [2.75, 3.05) is 54.3 Å². The average Bonchev–Trinajstić information content (AvgIpc) is 3.40. The molecule has 1 aliphatic rings. The molecule has 1 aromatic carbocycles. The Balaban J connectivity index is 1.64. The number of rotatable bonds is 13. The maximum atomic E-state index is 11.6. The summed E-state index contributed by atoms with van der Waals surface area (Å²) < 4.78 is 14.2. The number of nitrogens with zero attached hydrogens (tertiary/aromatic N) is 6. The van der Waals surface area contributed by atoms with Crippen LogP contribution in [-0.2, 0) is 9.47 Å². The highest BCUT2D eigenvalue weighted by atomic mass is 79.9. The smallest absolute Gasteiger partial charge is 0.361 e. The first kappa shape index (κ1) is 34.3. The highest BCUT2D eigenvalue weighted by Gasteiger charge is 2.39. The van der Waals surface area contributed by atoms with Crippen molar-refractivity contribution in [1.82, 2.24) is 19.6 Å². The molecule has 0 radical (unpaired) electrons. The van der Waals surface area contributed by atoms with E-state index in [4.69, 9.17) is 19.6 Å². The van der Waals surface area contributed by atoms with E-state index < -0.39 is 22.2 Å². The third kappa shape index (κ3) is 8.46. The molecule has 0 spiro atoms. The number of benzene rings is 1. The van der Waals surface area contributed by atoms with E-state index in [9.17, 15) is 10.2 Å². The summed E-state index contributed by atoms with van der Waals surface area (Å²) in [4.78, 5) is 13.4. The number of pyridine rings is 1. The molecule has 0 atom stereocenters. The zero-order chi connectivity index (χ0) is 32.4. The fourth-order valence-electron chi connectivity index (χ4n) is 4.98. The van der Waals surface area contributed by atoms with Crippen LogP contribution >= 0.6 is 27.7 Å². The minimum atomic E-state index is -2.67. The lowest BCUT2D eigenvalue weighted by Gasteiger charge is -2.37. The van der Waals surface area contributed by atoms with Crippen LogP contribution in [0.2, 0.25) is 51.4 Å². The zero-order valence-electron chi connectivity index (χ0n) is 27.1. The highest BCUT2D eigenvalue weighted by molar-refractivity contribution is 9.10.